The van der Waals surface area contributed by atoms with E-state index < -0.39 is 10.1 Å². The third-order valence-corrected chi connectivity index (χ3v) is 6.59. The van der Waals surface area contributed by atoms with Crippen molar-refractivity contribution in [2.45, 2.75) is 31.2 Å². The Morgan fingerprint density at radius 1 is 1.14 bits per heavy atom. The summed E-state index contributed by atoms with van der Waals surface area (Å²) in [6, 6.07) is 11.2. The average molecular weight is 454 g/mol. The van der Waals surface area contributed by atoms with Gasteiger partial charge in [0, 0.05) is 11.4 Å². The smallest absolute Gasteiger partial charge is 0.340 e. The SMILES string of the molecule is Cc1cc(OCCCC[n+]2ccsc2N)cc(OS(=O)(=O)c2ccccc2Cl)c1. The monoisotopic (exact) mass is 453 g/mol. The normalized spacial score (nSPS) is 11.4. The topological polar surface area (TPSA) is 82.5 Å². The maximum atomic E-state index is 12.5. The predicted molar refractivity (Wildman–Crippen MR) is 114 cm³/mol. The van der Waals surface area contributed by atoms with Crippen molar-refractivity contribution in [3.05, 3.63) is 64.6 Å². The zero-order valence-electron chi connectivity index (χ0n) is 15.9. The number of thiazole rings is 1. The van der Waals surface area contributed by atoms with Gasteiger partial charge >= 0.3 is 15.2 Å². The van der Waals surface area contributed by atoms with Crippen LogP contribution in [0.5, 0.6) is 11.5 Å². The number of aromatic nitrogens is 1. The van der Waals surface area contributed by atoms with E-state index in [1.54, 1.807) is 24.3 Å². The van der Waals surface area contributed by atoms with E-state index in [4.69, 9.17) is 26.3 Å². The number of ether oxygens (including phenoxy) is 1. The second-order valence-corrected chi connectivity index (χ2v) is 9.29. The molecular weight excluding hydrogens is 432 g/mol. The number of nitrogens with two attached hydrogens (primary N) is 1. The van der Waals surface area contributed by atoms with Crippen molar-refractivity contribution in [3.63, 3.8) is 0 Å². The molecule has 0 saturated heterocycles. The van der Waals surface area contributed by atoms with Gasteiger partial charge in [0.1, 0.15) is 22.6 Å². The maximum Gasteiger partial charge on any atom is 0.340 e. The predicted octanol–water partition coefficient (Wildman–Crippen LogP) is 4.21. The van der Waals surface area contributed by atoms with Crippen molar-refractivity contribution in [2.75, 3.05) is 12.3 Å². The van der Waals surface area contributed by atoms with E-state index in [-0.39, 0.29) is 15.7 Å². The summed E-state index contributed by atoms with van der Waals surface area (Å²) in [6.07, 6.45) is 3.72. The lowest BCUT2D eigenvalue weighted by atomic mass is 10.2. The first kappa shape index (κ1) is 21.4. The molecule has 0 bridgehead atoms. The fraction of sp³-hybridized carbons (Fsp3) is 0.250. The molecule has 29 heavy (non-hydrogen) atoms. The highest BCUT2D eigenvalue weighted by Crippen LogP contribution is 2.28. The number of benzene rings is 2. The average Bonchev–Trinajstić information content (AvgIpc) is 3.06. The van der Waals surface area contributed by atoms with Crippen LogP contribution in [0.3, 0.4) is 0 Å². The molecule has 3 aromatic rings. The summed E-state index contributed by atoms with van der Waals surface area (Å²) in [5, 5.41) is 2.85. The Morgan fingerprint density at radius 3 is 2.62 bits per heavy atom. The highest BCUT2D eigenvalue weighted by molar-refractivity contribution is 7.87. The third kappa shape index (κ3) is 5.85. The molecule has 154 valence electrons. The summed E-state index contributed by atoms with van der Waals surface area (Å²) < 4.78 is 38.1. The lowest BCUT2D eigenvalue weighted by Gasteiger charge is -2.12. The van der Waals surface area contributed by atoms with Gasteiger partial charge in [-0.1, -0.05) is 35.1 Å². The quantitative estimate of drug-likeness (QED) is 0.298. The minimum absolute atomic E-state index is 0.0733. The van der Waals surface area contributed by atoms with Crippen LogP contribution in [-0.2, 0) is 16.7 Å². The van der Waals surface area contributed by atoms with Gasteiger partial charge in [0.25, 0.3) is 0 Å². The van der Waals surface area contributed by atoms with Gasteiger partial charge in [-0.15, -0.1) is 0 Å². The van der Waals surface area contributed by atoms with E-state index in [1.807, 2.05) is 29.1 Å². The Bertz CT molecular complexity index is 1080. The van der Waals surface area contributed by atoms with Gasteiger partial charge in [-0.25, -0.2) is 4.57 Å². The summed E-state index contributed by atoms with van der Waals surface area (Å²) in [5.41, 5.74) is 6.69. The highest BCUT2D eigenvalue weighted by atomic mass is 35.5. The van der Waals surface area contributed by atoms with Crippen LogP contribution in [0.15, 0.2) is 58.9 Å². The van der Waals surface area contributed by atoms with Gasteiger partial charge in [0.2, 0.25) is 0 Å². The van der Waals surface area contributed by atoms with Crippen LogP contribution in [0.4, 0.5) is 5.13 Å². The number of halogens is 1. The molecule has 0 radical (unpaired) electrons. The number of nitrogen functional groups attached to an aromatic ring is 1. The number of hydrogen-bond acceptors (Lipinski definition) is 6. The molecule has 3 rings (SSSR count). The van der Waals surface area contributed by atoms with Crippen molar-refractivity contribution in [1.29, 1.82) is 0 Å². The lowest BCUT2D eigenvalue weighted by Crippen LogP contribution is -2.33. The molecule has 1 aromatic heterocycles. The molecule has 9 heteroatoms. The van der Waals surface area contributed by atoms with Crippen LogP contribution in [0.2, 0.25) is 5.02 Å². The molecule has 0 aliphatic heterocycles. The molecule has 0 saturated carbocycles. The number of aryl methyl sites for hydroxylation is 2. The van der Waals surface area contributed by atoms with Crippen LogP contribution < -0.4 is 19.2 Å². The van der Waals surface area contributed by atoms with Gasteiger partial charge in [-0.3, -0.25) is 5.73 Å². The number of rotatable bonds is 9. The van der Waals surface area contributed by atoms with Gasteiger partial charge in [0.15, 0.2) is 0 Å². The second-order valence-electron chi connectivity index (χ2n) is 6.44. The summed E-state index contributed by atoms with van der Waals surface area (Å²) in [5.74, 6) is 0.735. The standard InChI is InChI=1S/C20H21ClN2O4S2/c1-15-12-16(26-10-5-4-8-23-9-11-28-20(23)22)14-17(13-15)27-29(24,25)19-7-3-2-6-18(19)21/h2-3,6-7,9,11-14,22H,4-5,8,10H2,1H3/p+1. The molecule has 0 fully saturated rings. The van der Waals surface area contributed by atoms with Gasteiger partial charge in [-0.2, -0.15) is 8.42 Å². The molecule has 0 aliphatic carbocycles. The molecule has 2 N–H and O–H groups in total. The maximum absolute atomic E-state index is 12.5. The van der Waals surface area contributed by atoms with E-state index in [0.717, 1.165) is 30.1 Å². The Morgan fingerprint density at radius 2 is 1.90 bits per heavy atom. The zero-order chi connectivity index (χ0) is 20.9. The van der Waals surface area contributed by atoms with Crippen molar-refractivity contribution in [3.8, 4) is 11.5 Å². The number of anilines is 1. The van der Waals surface area contributed by atoms with Gasteiger partial charge in [0.05, 0.1) is 18.2 Å². The van der Waals surface area contributed by atoms with E-state index in [9.17, 15) is 8.42 Å². The Kier molecular flexibility index (Phi) is 7.00. The number of unbranched alkanes of at least 4 members (excludes halogenated alkanes) is 1. The molecule has 1 heterocycles. The first-order valence-corrected chi connectivity index (χ1v) is 11.7. The van der Waals surface area contributed by atoms with E-state index >= 15 is 0 Å². The molecule has 2 aromatic carbocycles. The molecule has 0 spiro atoms. The van der Waals surface area contributed by atoms with Crippen LogP contribution in [0.1, 0.15) is 18.4 Å². The first-order valence-electron chi connectivity index (χ1n) is 9.01. The van der Waals surface area contributed by atoms with Crippen LogP contribution >= 0.6 is 22.9 Å². The van der Waals surface area contributed by atoms with Crippen molar-refractivity contribution in [1.82, 2.24) is 0 Å². The fourth-order valence-electron chi connectivity index (χ4n) is 2.74. The number of hydrogen-bond donors (Lipinski definition) is 1. The van der Waals surface area contributed by atoms with E-state index in [0.29, 0.717) is 12.4 Å². The highest BCUT2D eigenvalue weighted by Gasteiger charge is 2.20. The Balaban J connectivity index is 1.59. The molecule has 0 aliphatic rings. The Hall–Kier alpha value is -2.29. The Labute approximate surface area is 179 Å². The molecule has 0 unspecified atom stereocenters. The van der Waals surface area contributed by atoms with Crippen LogP contribution in [-0.4, -0.2) is 15.0 Å². The molecular formula is C20H22ClN2O4S2+. The summed E-state index contributed by atoms with van der Waals surface area (Å²) in [7, 11) is -4.04. The van der Waals surface area contributed by atoms with Crippen LogP contribution in [0.25, 0.3) is 0 Å². The summed E-state index contributed by atoms with van der Waals surface area (Å²) in [4.78, 5) is -0.0733. The van der Waals surface area contributed by atoms with Crippen LogP contribution in [0, 0.1) is 6.92 Å². The van der Waals surface area contributed by atoms with E-state index in [2.05, 4.69) is 0 Å². The summed E-state index contributed by atoms with van der Waals surface area (Å²) in [6.45, 7) is 3.18. The van der Waals surface area contributed by atoms with Crippen molar-refractivity contribution in [2.24, 2.45) is 0 Å². The third-order valence-electron chi connectivity index (χ3n) is 4.11. The zero-order valence-corrected chi connectivity index (χ0v) is 18.3. The minimum atomic E-state index is -4.04. The number of nitrogens with zero attached hydrogens (tertiary/aromatic N) is 1. The largest absolute Gasteiger partial charge is 0.493 e. The van der Waals surface area contributed by atoms with E-state index in [1.165, 1.54) is 23.5 Å². The molecule has 6 nitrogen and oxygen atoms in total. The first-order chi connectivity index (χ1) is 13.8. The molecule has 0 atom stereocenters. The second kappa shape index (κ2) is 9.47. The summed E-state index contributed by atoms with van der Waals surface area (Å²) >= 11 is 7.50. The fourth-order valence-corrected chi connectivity index (χ4v) is 4.78. The van der Waals surface area contributed by atoms with Crippen molar-refractivity contribution >= 4 is 38.2 Å². The van der Waals surface area contributed by atoms with Gasteiger partial charge in [-0.05, 0) is 49.6 Å². The van der Waals surface area contributed by atoms with Gasteiger partial charge < -0.3 is 8.92 Å². The van der Waals surface area contributed by atoms with Crippen molar-refractivity contribution < 1.29 is 21.9 Å². The lowest BCUT2D eigenvalue weighted by molar-refractivity contribution is -0.679. The molecule has 0 amide bonds. The minimum Gasteiger partial charge on any atom is -0.493 e.